The van der Waals surface area contributed by atoms with Gasteiger partial charge in [0.05, 0.1) is 0 Å². The van der Waals surface area contributed by atoms with E-state index in [1.165, 1.54) is 0 Å². The Morgan fingerprint density at radius 3 is 1.62 bits per heavy atom. The third kappa shape index (κ3) is 6.15. The van der Waals surface area contributed by atoms with Gasteiger partial charge in [0.15, 0.2) is 0 Å². The highest BCUT2D eigenvalue weighted by atomic mass is 80.0. The van der Waals surface area contributed by atoms with Gasteiger partial charge >= 0.3 is 21.2 Å². The molecule has 0 aliphatic heterocycles. The van der Waals surface area contributed by atoms with Crippen molar-refractivity contribution in [1.29, 1.82) is 0 Å². The standard InChI is InChI=1S/CBrF3O3/c3-1(4,5)8-2(6)7. The van der Waals surface area contributed by atoms with Crippen LogP contribution in [0.2, 0.25) is 0 Å². The van der Waals surface area contributed by atoms with Gasteiger partial charge in [-0.25, -0.2) is 0 Å². The smallest absolute Gasteiger partial charge is 0.372 e. The van der Waals surface area contributed by atoms with Crippen molar-refractivity contribution in [2.24, 2.45) is 0 Å². The third-order valence-corrected chi connectivity index (χ3v) is 0.782. The fourth-order valence-corrected chi connectivity index (χ4v) is 0.371. The number of hydrogen-bond donors (Lipinski definition) is 0. The van der Waals surface area contributed by atoms with Crippen LogP contribution in [0, 0.1) is 14.8 Å². The van der Waals surface area contributed by atoms with Gasteiger partial charge in [-0.15, -0.1) is 13.2 Å². The average molecular weight is 197 g/mol. The highest BCUT2D eigenvalue weighted by Crippen LogP contribution is 2.16. The van der Waals surface area contributed by atoms with Crippen LogP contribution in [0.4, 0.5) is 13.2 Å². The van der Waals surface area contributed by atoms with Crippen molar-refractivity contribution in [2.75, 3.05) is 0 Å². The van der Waals surface area contributed by atoms with E-state index in [1.54, 1.807) is 0 Å². The van der Waals surface area contributed by atoms with Crippen LogP contribution in [-0.4, -0.2) is 6.36 Å². The molecule has 0 fully saturated rings. The van der Waals surface area contributed by atoms with Crippen LogP contribution in [0.3, 0.4) is 0 Å². The van der Waals surface area contributed by atoms with Gasteiger partial charge in [-0.1, -0.05) is 0 Å². The van der Waals surface area contributed by atoms with Crippen molar-refractivity contribution in [3.8, 4) is 0 Å². The Labute approximate surface area is 47.5 Å². The fourth-order valence-electron chi connectivity index (χ4n) is 0.0714. The van der Waals surface area contributed by atoms with E-state index in [-0.39, 0.29) is 0 Å². The summed E-state index contributed by atoms with van der Waals surface area (Å²) in [6.45, 7) is 0. The molecular weight excluding hydrogens is 197 g/mol. The lowest BCUT2D eigenvalue weighted by atomic mass is 11.4. The molecule has 7 heteroatoms. The first kappa shape index (κ1) is 8.15. The van der Waals surface area contributed by atoms with Crippen LogP contribution < -0.4 is 8.40 Å². The first-order valence-electron chi connectivity index (χ1n) is 1.23. The van der Waals surface area contributed by atoms with Gasteiger partial charge in [-0.05, 0) is 0 Å². The van der Waals surface area contributed by atoms with Crippen LogP contribution in [0.1, 0.15) is 0 Å². The maximum absolute atomic E-state index is 10.7. The Hall–Kier alpha value is 0.150. The van der Waals surface area contributed by atoms with Crippen molar-refractivity contribution in [3.63, 3.8) is 0 Å². The van der Waals surface area contributed by atoms with Crippen molar-refractivity contribution < 1.29 is 40.2 Å². The largest absolute Gasteiger partial charge is 0.606 e. The predicted molar refractivity (Wildman–Crippen MR) is 7.14 cm³/mol. The summed E-state index contributed by atoms with van der Waals surface area (Å²) in [6, 6.07) is 0. The number of alkyl halides is 3. The summed E-state index contributed by atoms with van der Waals surface area (Å²) in [6.07, 6.45) is -5.06. The molecule has 0 spiro atoms. The monoisotopic (exact) mass is 196 g/mol. The van der Waals surface area contributed by atoms with E-state index in [4.69, 9.17) is 8.40 Å². The molecule has 0 atom stereocenters. The maximum atomic E-state index is 10.7. The molecule has 50 valence electrons. The van der Waals surface area contributed by atoms with E-state index in [0.29, 0.717) is 0 Å². The lowest BCUT2D eigenvalue weighted by molar-refractivity contribution is -1.64. The van der Waals surface area contributed by atoms with Gasteiger partial charge in [0.1, 0.15) is 3.83 Å². The molecular formula is CBrF3O3. The highest BCUT2D eigenvalue weighted by molar-refractivity contribution is 4.10. The minimum Gasteiger partial charge on any atom is -0.372 e. The second-order valence-electron chi connectivity index (χ2n) is 0.712. The first-order valence-corrected chi connectivity index (χ1v) is 3.18. The summed E-state index contributed by atoms with van der Waals surface area (Å²) in [5, 5.41) is 0. The molecule has 0 rings (SSSR count). The van der Waals surface area contributed by atoms with Crippen molar-refractivity contribution in [2.45, 2.75) is 6.36 Å². The fraction of sp³-hybridized carbons (Fsp3) is 1.00. The normalized spacial score (nSPS) is 12.8. The molecule has 0 aliphatic rings. The summed E-state index contributed by atoms with van der Waals surface area (Å²) >= 11 is -4.14. The molecule has 0 aliphatic carbocycles. The number of hydrogen-bond acceptors (Lipinski definition) is 3. The van der Waals surface area contributed by atoms with Crippen molar-refractivity contribution in [3.05, 3.63) is 0 Å². The van der Waals surface area contributed by atoms with E-state index in [2.05, 4.69) is 3.83 Å². The molecule has 0 unspecified atom stereocenters. The Balaban J connectivity index is 3.39. The van der Waals surface area contributed by atoms with Gasteiger partial charge in [-0.2, -0.15) is 0 Å². The zero-order valence-corrected chi connectivity index (χ0v) is 4.82. The quantitative estimate of drug-likeness (QED) is 0.519. The molecule has 0 aromatic carbocycles. The minimum atomic E-state index is -5.06. The summed E-state index contributed by atoms with van der Waals surface area (Å²) in [5.74, 6) is 0. The first-order chi connectivity index (χ1) is 3.42. The molecule has 0 radical (unpaired) electrons. The molecule has 0 N–H and O–H groups in total. The Bertz CT molecular complexity index is 69.4. The lowest BCUT2D eigenvalue weighted by Gasteiger charge is -1.94. The van der Waals surface area contributed by atoms with E-state index >= 15 is 0 Å². The molecule has 0 aromatic rings. The van der Waals surface area contributed by atoms with Gasteiger partial charge in [0, 0.05) is 0 Å². The van der Waals surface area contributed by atoms with Crippen LogP contribution in [-0.2, 0) is 3.83 Å². The van der Waals surface area contributed by atoms with Crippen molar-refractivity contribution >= 4 is 0 Å². The summed E-state index contributed by atoms with van der Waals surface area (Å²) in [5.41, 5.74) is 0. The highest BCUT2D eigenvalue weighted by Gasteiger charge is 2.43. The minimum absolute atomic E-state index is 2.43. The van der Waals surface area contributed by atoms with E-state index in [1.807, 2.05) is 0 Å². The topological polar surface area (TPSA) is 55.3 Å². The zero-order chi connectivity index (χ0) is 6.78. The summed E-state index contributed by atoms with van der Waals surface area (Å²) in [7, 11) is 0. The molecule has 0 amide bonds. The van der Waals surface area contributed by atoms with Gasteiger partial charge in [-0.3, -0.25) is 0 Å². The lowest BCUT2D eigenvalue weighted by Crippen LogP contribution is -2.38. The van der Waals surface area contributed by atoms with E-state index in [9.17, 15) is 13.2 Å². The molecule has 0 saturated carbocycles. The second-order valence-corrected chi connectivity index (χ2v) is 1.83. The summed E-state index contributed by atoms with van der Waals surface area (Å²) in [4.78, 5) is 0. The van der Waals surface area contributed by atoms with E-state index < -0.39 is 21.2 Å². The molecule has 3 nitrogen and oxygen atoms in total. The Morgan fingerprint density at radius 2 is 1.62 bits per heavy atom. The van der Waals surface area contributed by atoms with Crippen LogP contribution in [0.5, 0.6) is 0 Å². The molecule has 0 aromatic heterocycles. The predicted octanol–water partition coefficient (Wildman–Crippen LogP) is -1.39. The van der Waals surface area contributed by atoms with Gasteiger partial charge in [0.2, 0.25) is 0 Å². The Morgan fingerprint density at radius 1 is 1.25 bits per heavy atom. The zero-order valence-electron chi connectivity index (χ0n) is 3.24. The average Bonchev–Trinajstić information content (AvgIpc) is 1.21. The molecule has 0 saturated heterocycles. The third-order valence-electron chi connectivity index (χ3n) is 0.150. The van der Waals surface area contributed by atoms with Gasteiger partial charge < -0.3 is 8.40 Å². The van der Waals surface area contributed by atoms with Gasteiger partial charge in [0.25, 0.3) is 0 Å². The number of halogens is 4. The second kappa shape index (κ2) is 2.62. The van der Waals surface area contributed by atoms with E-state index in [0.717, 1.165) is 0 Å². The van der Waals surface area contributed by atoms with Crippen LogP contribution in [0.25, 0.3) is 0 Å². The number of rotatable bonds is 1. The molecule has 0 bridgehead atoms. The Kier molecular flexibility index (Phi) is 2.67. The summed E-state index contributed by atoms with van der Waals surface area (Å²) < 4.78 is 52.9. The van der Waals surface area contributed by atoms with Crippen LogP contribution in [0.15, 0.2) is 0 Å². The molecule has 8 heavy (non-hydrogen) atoms. The van der Waals surface area contributed by atoms with Crippen molar-refractivity contribution in [1.82, 2.24) is 0 Å². The van der Waals surface area contributed by atoms with Crippen LogP contribution >= 0.6 is 0 Å². The SMILES string of the molecule is [O-][Br+2]([O-])OC(F)(F)F. The maximum Gasteiger partial charge on any atom is 0.606 e. The molecule has 0 heterocycles.